The van der Waals surface area contributed by atoms with Gasteiger partial charge in [-0.25, -0.2) is 0 Å². The lowest BCUT2D eigenvalue weighted by Gasteiger charge is -2.23. The zero-order valence-corrected chi connectivity index (χ0v) is 24.9. The number of carbonyl (C=O) groups is 2. The molecule has 0 saturated heterocycles. The van der Waals surface area contributed by atoms with E-state index < -0.39 is 5.97 Å². The van der Waals surface area contributed by atoms with Gasteiger partial charge < -0.3 is 24.2 Å². The van der Waals surface area contributed by atoms with E-state index in [1.165, 1.54) is 4.90 Å². The van der Waals surface area contributed by atoms with E-state index in [-0.39, 0.29) is 25.4 Å². The van der Waals surface area contributed by atoms with Crippen LogP contribution in [0.15, 0.2) is 133 Å². The SMILES string of the molecule is O=C(O)CCN(Cc1cccc(OCc2ccccc2)c1)C(=O)c1cccc(OCc2cccc(OCc3ccccc3)c2)c1. The second kappa shape index (κ2) is 15.8. The van der Waals surface area contributed by atoms with E-state index in [4.69, 9.17) is 14.2 Å². The molecule has 0 saturated carbocycles. The highest BCUT2D eigenvalue weighted by Gasteiger charge is 2.18. The third kappa shape index (κ3) is 9.73. The quantitative estimate of drug-likeness (QED) is 0.133. The third-order valence-electron chi connectivity index (χ3n) is 7.04. The number of hydrogen-bond acceptors (Lipinski definition) is 5. The van der Waals surface area contributed by atoms with Crippen LogP contribution in [-0.2, 0) is 31.2 Å². The molecule has 0 heterocycles. The predicted octanol–water partition coefficient (Wildman–Crippen LogP) is 7.54. The number of carboxylic acid groups (broad SMARTS) is 1. The molecule has 0 aliphatic carbocycles. The second-order valence-corrected chi connectivity index (χ2v) is 10.5. The zero-order chi connectivity index (χ0) is 31.3. The largest absolute Gasteiger partial charge is 0.489 e. The first-order valence-electron chi connectivity index (χ1n) is 14.8. The molecular formula is C38H35NO6. The van der Waals surface area contributed by atoms with E-state index in [1.54, 1.807) is 24.3 Å². The first kappa shape index (κ1) is 30.9. The Morgan fingerprint density at radius 1 is 0.533 bits per heavy atom. The number of amides is 1. The second-order valence-electron chi connectivity index (χ2n) is 10.5. The van der Waals surface area contributed by atoms with Gasteiger partial charge in [0.05, 0.1) is 6.42 Å². The Hall–Kier alpha value is -5.56. The third-order valence-corrected chi connectivity index (χ3v) is 7.04. The van der Waals surface area contributed by atoms with Gasteiger partial charge in [-0.1, -0.05) is 91.0 Å². The van der Waals surface area contributed by atoms with Crippen LogP contribution < -0.4 is 14.2 Å². The van der Waals surface area contributed by atoms with Gasteiger partial charge in [0, 0.05) is 18.7 Å². The van der Waals surface area contributed by atoms with Gasteiger partial charge in [-0.2, -0.15) is 0 Å². The minimum Gasteiger partial charge on any atom is -0.489 e. The van der Waals surface area contributed by atoms with Gasteiger partial charge in [0.1, 0.15) is 37.1 Å². The number of ether oxygens (including phenoxy) is 3. The topological polar surface area (TPSA) is 85.3 Å². The molecule has 1 amide bonds. The van der Waals surface area contributed by atoms with Crippen molar-refractivity contribution in [2.24, 2.45) is 0 Å². The van der Waals surface area contributed by atoms with Gasteiger partial charge in [-0.05, 0) is 64.7 Å². The van der Waals surface area contributed by atoms with Gasteiger partial charge in [-0.3, -0.25) is 9.59 Å². The summed E-state index contributed by atoms with van der Waals surface area (Å²) in [5.74, 6) is 0.693. The van der Waals surface area contributed by atoms with Crippen molar-refractivity contribution < 1.29 is 28.9 Å². The Kier molecular flexibility index (Phi) is 10.8. The highest BCUT2D eigenvalue weighted by Crippen LogP contribution is 2.22. The zero-order valence-electron chi connectivity index (χ0n) is 24.9. The van der Waals surface area contributed by atoms with Crippen LogP contribution in [0.5, 0.6) is 17.2 Å². The summed E-state index contributed by atoms with van der Waals surface area (Å²) < 4.78 is 17.9. The Bertz CT molecular complexity index is 1690. The monoisotopic (exact) mass is 601 g/mol. The summed E-state index contributed by atoms with van der Waals surface area (Å²) in [4.78, 5) is 26.6. The molecule has 7 nitrogen and oxygen atoms in total. The Labute approximate surface area is 263 Å². The molecule has 7 heteroatoms. The molecule has 228 valence electrons. The van der Waals surface area contributed by atoms with Crippen LogP contribution in [0.2, 0.25) is 0 Å². The summed E-state index contributed by atoms with van der Waals surface area (Å²) in [6, 6.07) is 42.0. The molecule has 45 heavy (non-hydrogen) atoms. The van der Waals surface area contributed by atoms with E-state index in [0.717, 1.165) is 28.0 Å². The molecule has 0 radical (unpaired) electrons. The lowest BCUT2D eigenvalue weighted by atomic mass is 10.1. The van der Waals surface area contributed by atoms with Crippen LogP contribution in [0.3, 0.4) is 0 Å². The Balaban J connectivity index is 1.22. The van der Waals surface area contributed by atoms with E-state index >= 15 is 0 Å². The van der Waals surface area contributed by atoms with Crippen LogP contribution in [0.4, 0.5) is 0 Å². The summed E-state index contributed by atoms with van der Waals surface area (Å²) in [6.45, 7) is 1.47. The van der Waals surface area contributed by atoms with E-state index in [2.05, 4.69) is 0 Å². The van der Waals surface area contributed by atoms with E-state index in [1.807, 2.05) is 109 Å². The number of nitrogens with zero attached hydrogens (tertiary/aromatic N) is 1. The van der Waals surface area contributed by atoms with Crippen molar-refractivity contribution in [1.82, 2.24) is 4.90 Å². The predicted molar refractivity (Wildman–Crippen MR) is 172 cm³/mol. The molecule has 5 aromatic rings. The summed E-state index contributed by atoms with van der Waals surface area (Å²) in [7, 11) is 0. The maximum absolute atomic E-state index is 13.6. The van der Waals surface area contributed by atoms with Crippen molar-refractivity contribution >= 4 is 11.9 Å². The Morgan fingerprint density at radius 2 is 1.00 bits per heavy atom. The molecule has 0 atom stereocenters. The fourth-order valence-corrected chi connectivity index (χ4v) is 4.71. The lowest BCUT2D eigenvalue weighted by Crippen LogP contribution is -2.32. The van der Waals surface area contributed by atoms with Crippen LogP contribution in [0.1, 0.15) is 39.0 Å². The molecule has 0 unspecified atom stereocenters. The van der Waals surface area contributed by atoms with Crippen molar-refractivity contribution in [1.29, 1.82) is 0 Å². The van der Waals surface area contributed by atoms with Gasteiger partial charge in [0.25, 0.3) is 5.91 Å². The van der Waals surface area contributed by atoms with Crippen LogP contribution in [0.25, 0.3) is 0 Å². The molecule has 0 aliphatic heterocycles. The van der Waals surface area contributed by atoms with Crippen LogP contribution in [0, 0.1) is 0 Å². The van der Waals surface area contributed by atoms with Crippen LogP contribution in [-0.4, -0.2) is 28.4 Å². The highest BCUT2D eigenvalue weighted by molar-refractivity contribution is 5.94. The van der Waals surface area contributed by atoms with Crippen molar-refractivity contribution in [3.63, 3.8) is 0 Å². The lowest BCUT2D eigenvalue weighted by molar-refractivity contribution is -0.137. The average molecular weight is 602 g/mol. The van der Waals surface area contributed by atoms with Crippen molar-refractivity contribution in [3.05, 3.63) is 161 Å². The summed E-state index contributed by atoms with van der Waals surface area (Å²) >= 11 is 0. The normalized spacial score (nSPS) is 10.6. The van der Waals surface area contributed by atoms with Crippen molar-refractivity contribution in [3.8, 4) is 17.2 Å². The number of rotatable bonds is 15. The maximum atomic E-state index is 13.6. The Morgan fingerprint density at radius 3 is 1.58 bits per heavy atom. The molecule has 0 aliphatic rings. The van der Waals surface area contributed by atoms with Gasteiger partial charge in [-0.15, -0.1) is 0 Å². The minimum absolute atomic E-state index is 0.0596. The molecule has 0 aromatic heterocycles. The molecular weight excluding hydrogens is 566 g/mol. The number of hydrogen-bond donors (Lipinski definition) is 1. The van der Waals surface area contributed by atoms with Crippen molar-refractivity contribution in [2.75, 3.05) is 6.54 Å². The molecule has 5 aromatic carbocycles. The van der Waals surface area contributed by atoms with Crippen molar-refractivity contribution in [2.45, 2.75) is 32.8 Å². The standard InChI is InChI=1S/C38H35NO6/c40-37(41)20-21-39(25-31-14-7-17-34(22-31)43-26-29-10-3-1-4-11-29)38(42)33-16-9-19-36(24-33)45-28-32-15-8-18-35(23-32)44-27-30-12-5-2-6-13-30/h1-19,22-24H,20-21,25-28H2,(H,40,41). The number of carbonyl (C=O) groups excluding carboxylic acids is 1. The molecule has 5 rings (SSSR count). The van der Waals surface area contributed by atoms with Gasteiger partial charge in [0.2, 0.25) is 0 Å². The molecule has 0 spiro atoms. The van der Waals surface area contributed by atoms with Crippen LogP contribution >= 0.6 is 0 Å². The number of benzene rings is 5. The summed E-state index contributed by atoms with van der Waals surface area (Å²) in [5, 5.41) is 9.35. The van der Waals surface area contributed by atoms with Gasteiger partial charge in [0.15, 0.2) is 0 Å². The number of aliphatic carboxylic acids is 1. The fourth-order valence-electron chi connectivity index (χ4n) is 4.71. The average Bonchev–Trinajstić information content (AvgIpc) is 3.08. The molecule has 0 fully saturated rings. The smallest absolute Gasteiger partial charge is 0.305 e. The number of carboxylic acids is 1. The first-order chi connectivity index (χ1) is 22.0. The first-order valence-corrected chi connectivity index (χ1v) is 14.8. The van der Waals surface area contributed by atoms with E-state index in [9.17, 15) is 14.7 Å². The fraction of sp³-hybridized carbons (Fsp3) is 0.158. The minimum atomic E-state index is -0.972. The highest BCUT2D eigenvalue weighted by atomic mass is 16.5. The summed E-state index contributed by atoms with van der Waals surface area (Å²) in [6.07, 6.45) is -0.172. The summed E-state index contributed by atoms with van der Waals surface area (Å²) in [5.41, 5.74) is 4.31. The molecule has 1 N–H and O–H groups in total. The molecule has 0 bridgehead atoms. The van der Waals surface area contributed by atoms with Gasteiger partial charge >= 0.3 is 5.97 Å². The maximum Gasteiger partial charge on any atom is 0.305 e. The van der Waals surface area contributed by atoms with E-state index in [0.29, 0.717) is 36.9 Å².